The van der Waals surface area contributed by atoms with E-state index in [-0.39, 0.29) is 23.2 Å². The summed E-state index contributed by atoms with van der Waals surface area (Å²) in [7, 11) is 0. The molecule has 76 valence electrons. The average molecular weight is 194 g/mol. The number of rotatable bonds is 2. The molecule has 1 aromatic heterocycles. The number of amides is 1. The first-order valence-electron chi connectivity index (χ1n) is 4.76. The van der Waals surface area contributed by atoms with E-state index in [2.05, 4.69) is 34.3 Å². The number of aromatic amines is 1. The molecule has 0 aliphatic heterocycles. The summed E-state index contributed by atoms with van der Waals surface area (Å²) in [6.45, 7) is 4.31. The van der Waals surface area contributed by atoms with Crippen LogP contribution in [-0.2, 0) is 0 Å². The second kappa shape index (κ2) is 3.08. The highest BCUT2D eigenvalue weighted by Crippen LogP contribution is 2.39. The number of H-pyrrole nitrogens is 1. The van der Waals surface area contributed by atoms with Crippen molar-refractivity contribution >= 4 is 5.91 Å². The van der Waals surface area contributed by atoms with Gasteiger partial charge in [-0.25, -0.2) is 4.98 Å². The first-order chi connectivity index (χ1) is 6.59. The third-order valence-corrected chi connectivity index (χ3v) is 2.96. The Morgan fingerprint density at radius 1 is 1.71 bits per heavy atom. The van der Waals surface area contributed by atoms with Gasteiger partial charge in [0.2, 0.25) is 5.82 Å². The van der Waals surface area contributed by atoms with Crippen LogP contribution in [0.4, 0.5) is 0 Å². The van der Waals surface area contributed by atoms with Gasteiger partial charge in [-0.2, -0.15) is 5.10 Å². The highest BCUT2D eigenvalue weighted by Gasteiger charge is 2.39. The van der Waals surface area contributed by atoms with Crippen molar-refractivity contribution in [2.24, 2.45) is 5.41 Å². The van der Waals surface area contributed by atoms with Crippen LogP contribution >= 0.6 is 0 Å². The molecule has 1 aliphatic rings. The van der Waals surface area contributed by atoms with Gasteiger partial charge in [0.1, 0.15) is 6.33 Å². The van der Waals surface area contributed by atoms with Crippen molar-refractivity contribution in [3.63, 3.8) is 0 Å². The maximum atomic E-state index is 11.6. The van der Waals surface area contributed by atoms with E-state index < -0.39 is 0 Å². The van der Waals surface area contributed by atoms with Gasteiger partial charge >= 0.3 is 0 Å². The minimum absolute atomic E-state index is 0.166. The number of carbonyl (C=O) groups excluding carboxylic acids is 1. The molecule has 1 fully saturated rings. The van der Waals surface area contributed by atoms with Gasteiger partial charge in [0, 0.05) is 6.04 Å². The summed E-state index contributed by atoms with van der Waals surface area (Å²) >= 11 is 0. The highest BCUT2D eigenvalue weighted by atomic mass is 16.2. The van der Waals surface area contributed by atoms with E-state index in [1.54, 1.807) is 0 Å². The zero-order valence-electron chi connectivity index (χ0n) is 8.37. The smallest absolute Gasteiger partial charge is 0.288 e. The van der Waals surface area contributed by atoms with Crippen molar-refractivity contribution in [2.75, 3.05) is 0 Å². The molecule has 1 amide bonds. The molecule has 1 aliphatic carbocycles. The van der Waals surface area contributed by atoms with Gasteiger partial charge in [-0.3, -0.25) is 9.89 Å². The summed E-state index contributed by atoms with van der Waals surface area (Å²) in [4.78, 5) is 15.3. The molecular weight excluding hydrogens is 180 g/mol. The van der Waals surface area contributed by atoms with Crippen molar-refractivity contribution in [2.45, 2.75) is 32.7 Å². The van der Waals surface area contributed by atoms with Crippen LogP contribution in [0.1, 0.15) is 37.3 Å². The molecule has 0 bridgehead atoms. The van der Waals surface area contributed by atoms with Gasteiger partial charge in [0.05, 0.1) is 0 Å². The normalized spacial score (nSPS) is 24.0. The predicted octanol–water partition coefficient (Wildman–Crippen LogP) is 0.723. The Hall–Kier alpha value is -1.39. The van der Waals surface area contributed by atoms with Crippen molar-refractivity contribution in [3.05, 3.63) is 12.2 Å². The first-order valence-corrected chi connectivity index (χ1v) is 4.76. The number of nitrogens with one attached hydrogen (secondary N) is 2. The monoisotopic (exact) mass is 194 g/mol. The standard InChI is InChI=1S/C9H14N4O/c1-9(2)4-3-6(9)12-8(14)7-10-5-11-13-7/h5-6H,3-4H2,1-2H3,(H,12,14)(H,10,11,13). The van der Waals surface area contributed by atoms with Crippen LogP contribution in [-0.4, -0.2) is 27.1 Å². The van der Waals surface area contributed by atoms with Gasteiger partial charge in [0.25, 0.3) is 5.91 Å². The van der Waals surface area contributed by atoms with Gasteiger partial charge in [-0.05, 0) is 18.3 Å². The number of hydrogen-bond donors (Lipinski definition) is 2. The summed E-state index contributed by atoms with van der Waals surface area (Å²) in [5.74, 6) is 0.118. The SMILES string of the molecule is CC1(C)CCC1NC(=O)c1ncn[nH]1. The lowest BCUT2D eigenvalue weighted by Gasteiger charge is -2.44. The second-order valence-electron chi connectivity index (χ2n) is 4.39. The maximum Gasteiger partial charge on any atom is 0.288 e. The average Bonchev–Trinajstić information content (AvgIpc) is 2.65. The van der Waals surface area contributed by atoms with Crippen LogP contribution in [0.2, 0.25) is 0 Å². The molecule has 2 rings (SSSR count). The fraction of sp³-hybridized carbons (Fsp3) is 0.667. The van der Waals surface area contributed by atoms with Crippen LogP contribution in [0.15, 0.2) is 6.33 Å². The van der Waals surface area contributed by atoms with E-state index in [4.69, 9.17) is 0 Å². The first kappa shape index (κ1) is 9.18. The van der Waals surface area contributed by atoms with Crippen LogP contribution in [0.3, 0.4) is 0 Å². The summed E-state index contributed by atoms with van der Waals surface area (Å²) in [6, 6.07) is 0.264. The Kier molecular flexibility index (Phi) is 2.02. The minimum Gasteiger partial charge on any atom is -0.346 e. The number of hydrogen-bond acceptors (Lipinski definition) is 3. The summed E-state index contributed by atoms with van der Waals surface area (Å²) in [5, 5.41) is 9.11. The fourth-order valence-corrected chi connectivity index (χ4v) is 1.68. The van der Waals surface area contributed by atoms with Crippen LogP contribution in [0, 0.1) is 5.41 Å². The molecule has 0 spiro atoms. The van der Waals surface area contributed by atoms with E-state index in [1.165, 1.54) is 6.33 Å². The molecule has 0 radical (unpaired) electrons. The Morgan fingerprint density at radius 2 is 2.50 bits per heavy atom. The zero-order chi connectivity index (χ0) is 10.2. The Balaban J connectivity index is 1.96. The molecule has 14 heavy (non-hydrogen) atoms. The van der Waals surface area contributed by atoms with E-state index in [0.29, 0.717) is 0 Å². The van der Waals surface area contributed by atoms with E-state index in [9.17, 15) is 4.79 Å². The zero-order valence-corrected chi connectivity index (χ0v) is 8.37. The number of carbonyl (C=O) groups is 1. The topological polar surface area (TPSA) is 70.7 Å². The molecule has 2 N–H and O–H groups in total. The van der Waals surface area contributed by atoms with Crippen molar-refractivity contribution in [1.82, 2.24) is 20.5 Å². The molecule has 1 aromatic rings. The molecule has 1 saturated carbocycles. The summed E-state index contributed by atoms with van der Waals surface area (Å²) < 4.78 is 0. The molecule has 0 saturated heterocycles. The van der Waals surface area contributed by atoms with E-state index >= 15 is 0 Å². The van der Waals surface area contributed by atoms with Crippen molar-refractivity contribution in [3.8, 4) is 0 Å². The Morgan fingerprint density at radius 3 is 2.93 bits per heavy atom. The maximum absolute atomic E-state index is 11.6. The molecule has 1 heterocycles. The minimum atomic E-state index is -0.166. The van der Waals surface area contributed by atoms with Gasteiger partial charge in [0.15, 0.2) is 0 Å². The molecule has 5 heteroatoms. The molecular formula is C9H14N4O. The second-order valence-corrected chi connectivity index (χ2v) is 4.39. The largest absolute Gasteiger partial charge is 0.346 e. The molecule has 1 unspecified atom stereocenters. The number of aromatic nitrogens is 3. The fourth-order valence-electron chi connectivity index (χ4n) is 1.68. The van der Waals surface area contributed by atoms with Crippen LogP contribution in [0.25, 0.3) is 0 Å². The summed E-state index contributed by atoms with van der Waals surface area (Å²) in [6.07, 6.45) is 3.54. The molecule has 1 atom stereocenters. The van der Waals surface area contributed by atoms with Gasteiger partial charge in [-0.15, -0.1) is 0 Å². The van der Waals surface area contributed by atoms with Gasteiger partial charge < -0.3 is 5.32 Å². The Bertz CT molecular complexity index is 331. The third kappa shape index (κ3) is 1.49. The lowest BCUT2D eigenvalue weighted by Crippen LogP contribution is -2.52. The van der Waals surface area contributed by atoms with Crippen molar-refractivity contribution < 1.29 is 4.79 Å². The third-order valence-electron chi connectivity index (χ3n) is 2.96. The van der Waals surface area contributed by atoms with Crippen molar-refractivity contribution in [1.29, 1.82) is 0 Å². The van der Waals surface area contributed by atoms with E-state index in [1.807, 2.05) is 0 Å². The summed E-state index contributed by atoms with van der Waals surface area (Å²) in [5.41, 5.74) is 0.218. The van der Waals surface area contributed by atoms with Crippen LogP contribution < -0.4 is 5.32 Å². The van der Waals surface area contributed by atoms with Gasteiger partial charge in [-0.1, -0.05) is 13.8 Å². The Labute approximate surface area is 82.3 Å². The molecule has 0 aromatic carbocycles. The predicted molar refractivity (Wildman–Crippen MR) is 50.7 cm³/mol. The number of nitrogens with zero attached hydrogens (tertiary/aromatic N) is 2. The quantitative estimate of drug-likeness (QED) is 0.728. The lowest BCUT2D eigenvalue weighted by molar-refractivity contribution is 0.0723. The van der Waals surface area contributed by atoms with E-state index in [0.717, 1.165) is 12.8 Å². The lowest BCUT2D eigenvalue weighted by atomic mass is 9.67. The highest BCUT2D eigenvalue weighted by molar-refractivity contribution is 5.90. The molecule has 5 nitrogen and oxygen atoms in total. The van der Waals surface area contributed by atoms with Crippen LogP contribution in [0.5, 0.6) is 0 Å².